The molecule has 0 aliphatic rings. The minimum atomic E-state index is -0.378. The van der Waals surface area contributed by atoms with Gasteiger partial charge in [-0.15, -0.1) is 0 Å². The Labute approximate surface area is 156 Å². The van der Waals surface area contributed by atoms with Crippen molar-refractivity contribution in [1.29, 1.82) is 0 Å². The van der Waals surface area contributed by atoms with Gasteiger partial charge in [0.05, 0.1) is 26.2 Å². The molecule has 3 aromatic rings. The smallest absolute Gasteiger partial charge is 0.310 e. The Balaban J connectivity index is 2.25. The van der Waals surface area contributed by atoms with Gasteiger partial charge in [0, 0.05) is 21.7 Å². The van der Waals surface area contributed by atoms with E-state index in [1.54, 1.807) is 42.0 Å². The van der Waals surface area contributed by atoms with Gasteiger partial charge in [0.25, 0.3) is 5.91 Å². The molecule has 1 heterocycles. The van der Waals surface area contributed by atoms with Gasteiger partial charge in [0.15, 0.2) is 0 Å². The molecule has 0 saturated heterocycles. The molecule has 26 heavy (non-hydrogen) atoms. The zero-order chi connectivity index (χ0) is 18.8. The van der Waals surface area contributed by atoms with E-state index < -0.39 is 0 Å². The van der Waals surface area contributed by atoms with Gasteiger partial charge >= 0.3 is 5.97 Å². The standard InChI is InChI=1S/C20H18ClNO4/c1-12-15(11-18(23)26-3)19-16(5-4-6-17(19)25-2)22(12)20(24)13-7-9-14(21)10-8-13/h4-10H,11H2,1-3H3. The number of fused-ring (bicyclic) bond motifs is 1. The van der Waals surface area contributed by atoms with Gasteiger partial charge in [-0.05, 0) is 48.9 Å². The first kappa shape index (κ1) is 18.0. The second-order valence-corrected chi connectivity index (χ2v) is 6.26. The van der Waals surface area contributed by atoms with Gasteiger partial charge in [-0.25, -0.2) is 0 Å². The van der Waals surface area contributed by atoms with Crippen LogP contribution >= 0.6 is 11.6 Å². The monoisotopic (exact) mass is 371 g/mol. The van der Waals surface area contributed by atoms with Crippen molar-refractivity contribution in [2.75, 3.05) is 14.2 Å². The van der Waals surface area contributed by atoms with E-state index in [0.29, 0.717) is 33.1 Å². The average molecular weight is 372 g/mol. The Morgan fingerprint density at radius 1 is 1.08 bits per heavy atom. The molecule has 6 heteroatoms. The van der Waals surface area contributed by atoms with Crippen molar-refractivity contribution < 1.29 is 19.1 Å². The van der Waals surface area contributed by atoms with Gasteiger partial charge in [-0.3, -0.25) is 14.2 Å². The van der Waals surface area contributed by atoms with Crippen molar-refractivity contribution in [1.82, 2.24) is 4.57 Å². The summed E-state index contributed by atoms with van der Waals surface area (Å²) in [4.78, 5) is 25.0. The molecule has 0 N–H and O–H groups in total. The summed E-state index contributed by atoms with van der Waals surface area (Å²) in [5.74, 6) is 0.0256. The molecule has 0 aliphatic heterocycles. The summed E-state index contributed by atoms with van der Waals surface area (Å²) in [6, 6.07) is 12.1. The molecular formula is C20H18ClNO4. The second kappa shape index (κ2) is 7.22. The number of ether oxygens (including phenoxy) is 2. The van der Waals surface area contributed by atoms with Gasteiger partial charge < -0.3 is 9.47 Å². The van der Waals surface area contributed by atoms with Gasteiger partial charge in [-0.2, -0.15) is 0 Å². The molecule has 3 rings (SSSR count). The van der Waals surface area contributed by atoms with E-state index in [9.17, 15) is 9.59 Å². The van der Waals surface area contributed by atoms with Crippen molar-refractivity contribution in [3.05, 3.63) is 64.3 Å². The largest absolute Gasteiger partial charge is 0.496 e. The van der Waals surface area contributed by atoms with Crippen LogP contribution in [-0.2, 0) is 16.0 Å². The minimum absolute atomic E-state index is 0.0557. The van der Waals surface area contributed by atoms with E-state index in [2.05, 4.69) is 0 Å². The number of methoxy groups -OCH3 is 2. The molecule has 0 fully saturated rings. The lowest BCUT2D eigenvalue weighted by molar-refractivity contribution is -0.139. The van der Waals surface area contributed by atoms with Crippen LogP contribution in [0.15, 0.2) is 42.5 Å². The topological polar surface area (TPSA) is 57.5 Å². The van der Waals surface area contributed by atoms with Gasteiger partial charge in [0.1, 0.15) is 5.75 Å². The first-order valence-electron chi connectivity index (χ1n) is 8.02. The van der Waals surface area contributed by atoms with E-state index >= 15 is 0 Å². The Bertz CT molecular complexity index is 989. The van der Waals surface area contributed by atoms with Crippen LogP contribution in [0.3, 0.4) is 0 Å². The van der Waals surface area contributed by atoms with E-state index in [0.717, 1.165) is 5.39 Å². The highest BCUT2D eigenvalue weighted by Gasteiger charge is 2.23. The molecule has 0 bridgehead atoms. The number of aromatic nitrogens is 1. The number of hydrogen-bond donors (Lipinski definition) is 0. The second-order valence-electron chi connectivity index (χ2n) is 5.82. The predicted octanol–water partition coefficient (Wildman–Crippen LogP) is 4.02. The van der Waals surface area contributed by atoms with Crippen LogP contribution in [0.2, 0.25) is 5.02 Å². The number of benzene rings is 2. The minimum Gasteiger partial charge on any atom is -0.496 e. The summed E-state index contributed by atoms with van der Waals surface area (Å²) in [6.07, 6.45) is 0.0557. The Morgan fingerprint density at radius 3 is 2.38 bits per heavy atom. The fraction of sp³-hybridized carbons (Fsp3) is 0.200. The molecule has 0 atom stereocenters. The summed E-state index contributed by atoms with van der Waals surface area (Å²) in [6.45, 7) is 1.81. The van der Waals surface area contributed by atoms with E-state index in [-0.39, 0.29) is 18.3 Å². The molecule has 0 radical (unpaired) electrons. The number of hydrogen-bond acceptors (Lipinski definition) is 4. The number of esters is 1. The third-order valence-electron chi connectivity index (χ3n) is 4.38. The number of rotatable bonds is 4. The lowest BCUT2D eigenvalue weighted by atomic mass is 10.1. The Kier molecular flexibility index (Phi) is 5.00. The van der Waals surface area contributed by atoms with Crippen molar-refractivity contribution in [3.8, 4) is 5.75 Å². The molecule has 5 nitrogen and oxygen atoms in total. The quantitative estimate of drug-likeness (QED) is 0.650. The lowest BCUT2D eigenvalue weighted by Gasteiger charge is -2.08. The maximum absolute atomic E-state index is 13.1. The van der Waals surface area contributed by atoms with Crippen LogP contribution in [0.4, 0.5) is 0 Å². The molecule has 1 aromatic heterocycles. The molecule has 0 amide bonds. The Hall–Kier alpha value is -2.79. The van der Waals surface area contributed by atoms with Crippen LogP contribution < -0.4 is 4.74 Å². The highest BCUT2D eigenvalue weighted by molar-refractivity contribution is 6.30. The number of carbonyl (C=O) groups excluding carboxylic acids is 2. The van der Waals surface area contributed by atoms with Crippen LogP contribution in [0.5, 0.6) is 5.75 Å². The van der Waals surface area contributed by atoms with E-state index in [1.807, 2.05) is 19.1 Å². The predicted molar refractivity (Wildman–Crippen MR) is 100 cm³/mol. The van der Waals surface area contributed by atoms with Crippen molar-refractivity contribution in [2.24, 2.45) is 0 Å². The maximum Gasteiger partial charge on any atom is 0.310 e. The maximum atomic E-state index is 13.1. The van der Waals surface area contributed by atoms with Gasteiger partial charge in [-0.1, -0.05) is 17.7 Å². The van der Waals surface area contributed by atoms with Crippen LogP contribution in [0.1, 0.15) is 21.6 Å². The number of nitrogens with zero attached hydrogens (tertiary/aromatic N) is 1. The fourth-order valence-corrected chi connectivity index (χ4v) is 3.22. The average Bonchev–Trinajstić information content (AvgIpc) is 2.93. The SMILES string of the molecule is COC(=O)Cc1c(C)n(C(=O)c2ccc(Cl)cc2)c2cccc(OC)c12. The summed E-state index contributed by atoms with van der Waals surface area (Å²) < 4.78 is 11.9. The van der Waals surface area contributed by atoms with Crippen molar-refractivity contribution in [2.45, 2.75) is 13.3 Å². The first-order valence-corrected chi connectivity index (χ1v) is 8.39. The van der Waals surface area contributed by atoms with Crippen molar-refractivity contribution >= 4 is 34.4 Å². The normalized spacial score (nSPS) is 10.8. The molecule has 0 aliphatic carbocycles. The summed E-state index contributed by atoms with van der Waals surface area (Å²) >= 11 is 5.92. The molecule has 2 aromatic carbocycles. The van der Waals surface area contributed by atoms with Crippen LogP contribution in [-0.4, -0.2) is 30.7 Å². The highest BCUT2D eigenvalue weighted by Crippen LogP contribution is 2.34. The zero-order valence-corrected chi connectivity index (χ0v) is 15.5. The van der Waals surface area contributed by atoms with Crippen LogP contribution in [0, 0.1) is 6.92 Å². The summed E-state index contributed by atoms with van der Waals surface area (Å²) in [5.41, 5.74) is 2.57. The zero-order valence-electron chi connectivity index (χ0n) is 14.7. The summed E-state index contributed by atoms with van der Waals surface area (Å²) in [7, 11) is 2.90. The summed E-state index contributed by atoms with van der Waals surface area (Å²) in [5, 5.41) is 1.30. The van der Waals surface area contributed by atoms with Gasteiger partial charge in [0.2, 0.25) is 0 Å². The van der Waals surface area contributed by atoms with Crippen LogP contribution in [0.25, 0.3) is 10.9 Å². The number of halogens is 1. The fourth-order valence-electron chi connectivity index (χ4n) is 3.09. The molecule has 0 spiro atoms. The highest BCUT2D eigenvalue weighted by atomic mass is 35.5. The third-order valence-corrected chi connectivity index (χ3v) is 4.63. The first-order chi connectivity index (χ1) is 12.5. The lowest BCUT2D eigenvalue weighted by Crippen LogP contribution is -2.14. The molecule has 134 valence electrons. The number of carbonyl (C=O) groups is 2. The Morgan fingerprint density at radius 2 is 1.77 bits per heavy atom. The van der Waals surface area contributed by atoms with E-state index in [1.165, 1.54) is 7.11 Å². The van der Waals surface area contributed by atoms with E-state index in [4.69, 9.17) is 21.1 Å². The third kappa shape index (κ3) is 3.06. The van der Waals surface area contributed by atoms with Crippen molar-refractivity contribution in [3.63, 3.8) is 0 Å². The molecular weight excluding hydrogens is 354 g/mol. The molecule has 0 unspecified atom stereocenters. The molecule has 0 saturated carbocycles.